The molecule has 2 heterocycles. The molecule has 0 saturated heterocycles. The number of rotatable bonds is 6. The van der Waals surface area contributed by atoms with Crippen LogP contribution in [0.1, 0.15) is 27.2 Å². The van der Waals surface area contributed by atoms with Crippen LogP contribution in [-0.4, -0.2) is 31.6 Å². The van der Waals surface area contributed by atoms with E-state index in [1.165, 1.54) is 11.8 Å². The van der Waals surface area contributed by atoms with Crippen LogP contribution in [0, 0.1) is 0 Å². The Labute approximate surface area is 169 Å². The molecular formula is C23H23NO5. The highest BCUT2D eigenvalue weighted by molar-refractivity contribution is 5.93. The first-order valence-electron chi connectivity index (χ1n) is 9.47. The topological polar surface area (TPSA) is 61.1 Å². The Morgan fingerprint density at radius 1 is 1.03 bits per heavy atom. The van der Waals surface area contributed by atoms with Gasteiger partial charge in [-0.2, -0.15) is 0 Å². The first kappa shape index (κ1) is 18.9. The maximum atomic E-state index is 13.1. The van der Waals surface area contributed by atoms with Crippen LogP contribution in [0.5, 0.6) is 17.2 Å². The quantitative estimate of drug-likeness (QED) is 0.632. The molecule has 150 valence electrons. The molecular weight excluding hydrogens is 370 g/mol. The summed E-state index contributed by atoms with van der Waals surface area (Å²) in [6.45, 7) is 1.38. The normalized spacial score (nSPS) is 13.0. The van der Waals surface area contributed by atoms with Crippen LogP contribution in [0.3, 0.4) is 0 Å². The molecule has 0 aliphatic carbocycles. The Morgan fingerprint density at radius 2 is 1.76 bits per heavy atom. The molecule has 0 saturated carbocycles. The Kier molecular flexibility index (Phi) is 5.42. The zero-order valence-corrected chi connectivity index (χ0v) is 16.5. The summed E-state index contributed by atoms with van der Waals surface area (Å²) >= 11 is 0. The molecule has 2 aromatic carbocycles. The van der Waals surface area contributed by atoms with Crippen molar-refractivity contribution in [2.45, 2.75) is 19.6 Å². The number of carbonyl (C=O) groups excluding carboxylic acids is 1. The highest BCUT2D eigenvalue weighted by Gasteiger charge is 2.27. The molecule has 29 heavy (non-hydrogen) atoms. The lowest BCUT2D eigenvalue weighted by atomic mass is 9.98. The van der Waals surface area contributed by atoms with Crippen molar-refractivity contribution < 1.29 is 23.4 Å². The molecule has 0 fully saturated rings. The van der Waals surface area contributed by atoms with Gasteiger partial charge in [0.05, 0.1) is 20.5 Å². The Hall–Kier alpha value is -3.41. The molecule has 1 aromatic heterocycles. The van der Waals surface area contributed by atoms with Gasteiger partial charge in [0, 0.05) is 18.7 Å². The molecule has 0 bridgehead atoms. The van der Waals surface area contributed by atoms with Crippen LogP contribution in [0.2, 0.25) is 0 Å². The van der Waals surface area contributed by atoms with Gasteiger partial charge in [-0.3, -0.25) is 4.79 Å². The first-order chi connectivity index (χ1) is 14.2. The number of furan rings is 1. The van der Waals surface area contributed by atoms with E-state index < -0.39 is 0 Å². The molecule has 0 radical (unpaired) electrons. The molecule has 4 rings (SSSR count). The molecule has 1 amide bonds. The van der Waals surface area contributed by atoms with Crippen molar-refractivity contribution in [3.8, 4) is 17.2 Å². The SMILES string of the molecule is COc1cc2c(cc1OC)CN(C(=O)c1occc1COc1ccccc1)CC2. The molecule has 1 aliphatic heterocycles. The Bertz CT molecular complexity index is 996. The summed E-state index contributed by atoms with van der Waals surface area (Å²) in [6, 6.07) is 15.2. The van der Waals surface area contributed by atoms with E-state index >= 15 is 0 Å². The third kappa shape index (κ3) is 3.92. The van der Waals surface area contributed by atoms with Gasteiger partial charge in [0.2, 0.25) is 0 Å². The average Bonchev–Trinajstić information content (AvgIpc) is 3.25. The van der Waals surface area contributed by atoms with Crippen molar-refractivity contribution >= 4 is 5.91 Å². The summed E-state index contributed by atoms with van der Waals surface area (Å²) in [5.41, 5.74) is 2.95. The largest absolute Gasteiger partial charge is 0.493 e. The molecule has 6 nitrogen and oxygen atoms in total. The number of benzene rings is 2. The van der Waals surface area contributed by atoms with E-state index in [2.05, 4.69) is 0 Å². The molecule has 0 unspecified atom stereocenters. The van der Waals surface area contributed by atoms with E-state index in [0.717, 1.165) is 23.3 Å². The molecule has 0 N–H and O–H groups in total. The van der Waals surface area contributed by atoms with Gasteiger partial charge in [-0.1, -0.05) is 18.2 Å². The van der Waals surface area contributed by atoms with Crippen LogP contribution in [0.15, 0.2) is 59.2 Å². The number of hydrogen-bond acceptors (Lipinski definition) is 5. The summed E-state index contributed by atoms with van der Waals surface area (Å²) in [5.74, 6) is 2.31. The highest BCUT2D eigenvalue weighted by Crippen LogP contribution is 2.33. The second-order valence-electron chi connectivity index (χ2n) is 6.83. The average molecular weight is 393 g/mol. The number of ether oxygens (including phenoxy) is 3. The third-order valence-corrected chi connectivity index (χ3v) is 5.08. The Balaban J connectivity index is 1.49. The minimum atomic E-state index is -0.137. The fourth-order valence-electron chi connectivity index (χ4n) is 3.51. The van der Waals surface area contributed by atoms with Gasteiger partial charge in [0.1, 0.15) is 12.4 Å². The summed E-state index contributed by atoms with van der Waals surface area (Å²) in [4.78, 5) is 14.9. The lowest BCUT2D eigenvalue weighted by Crippen LogP contribution is -2.36. The smallest absolute Gasteiger partial charge is 0.290 e. The van der Waals surface area contributed by atoms with Crippen LogP contribution in [-0.2, 0) is 19.6 Å². The molecule has 0 atom stereocenters. The van der Waals surface area contributed by atoms with Gasteiger partial charge >= 0.3 is 0 Å². The van der Waals surface area contributed by atoms with E-state index in [1.807, 2.05) is 42.5 Å². The fourth-order valence-corrected chi connectivity index (χ4v) is 3.51. The number of nitrogens with zero attached hydrogens (tertiary/aromatic N) is 1. The Morgan fingerprint density at radius 3 is 2.48 bits per heavy atom. The third-order valence-electron chi connectivity index (χ3n) is 5.08. The van der Waals surface area contributed by atoms with Crippen molar-refractivity contribution in [1.29, 1.82) is 0 Å². The number of fused-ring (bicyclic) bond motifs is 1. The lowest BCUT2D eigenvalue weighted by Gasteiger charge is -2.29. The number of amides is 1. The molecule has 3 aromatic rings. The standard InChI is InChI=1S/C23H23NO5/c1-26-20-12-16-8-10-24(14-18(16)13-21(20)27-2)23(25)22-17(9-11-28-22)15-29-19-6-4-3-5-7-19/h3-7,9,11-13H,8,10,14-15H2,1-2H3. The lowest BCUT2D eigenvalue weighted by molar-refractivity contribution is 0.0698. The number of methoxy groups -OCH3 is 2. The zero-order valence-electron chi connectivity index (χ0n) is 16.5. The predicted octanol–water partition coefficient (Wildman–Crippen LogP) is 4.07. The number of carbonyl (C=O) groups is 1. The van der Waals surface area contributed by atoms with E-state index in [-0.39, 0.29) is 12.5 Å². The second-order valence-corrected chi connectivity index (χ2v) is 6.83. The fraction of sp³-hybridized carbons (Fsp3) is 0.261. The van der Waals surface area contributed by atoms with Crippen molar-refractivity contribution in [3.05, 3.63) is 77.2 Å². The van der Waals surface area contributed by atoms with E-state index in [1.54, 1.807) is 25.2 Å². The van der Waals surface area contributed by atoms with Crippen LogP contribution in [0.25, 0.3) is 0 Å². The first-order valence-corrected chi connectivity index (χ1v) is 9.47. The van der Waals surface area contributed by atoms with Crippen molar-refractivity contribution in [2.24, 2.45) is 0 Å². The highest BCUT2D eigenvalue weighted by atomic mass is 16.5. The number of hydrogen-bond donors (Lipinski definition) is 0. The van der Waals surface area contributed by atoms with Crippen molar-refractivity contribution in [2.75, 3.05) is 20.8 Å². The van der Waals surface area contributed by atoms with E-state index in [0.29, 0.717) is 30.3 Å². The van der Waals surface area contributed by atoms with Crippen molar-refractivity contribution in [1.82, 2.24) is 4.90 Å². The molecule has 0 spiro atoms. The zero-order chi connectivity index (χ0) is 20.2. The summed E-state index contributed by atoms with van der Waals surface area (Å²) < 4.78 is 22.1. The van der Waals surface area contributed by atoms with Gasteiger partial charge in [0.25, 0.3) is 5.91 Å². The summed E-state index contributed by atoms with van der Waals surface area (Å²) in [5, 5.41) is 0. The predicted molar refractivity (Wildman–Crippen MR) is 107 cm³/mol. The maximum absolute atomic E-state index is 13.1. The van der Waals surface area contributed by atoms with Crippen LogP contribution >= 0.6 is 0 Å². The van der Waals surface area contributed by atoms with Gasteiger partial charge in [-0.05, 0) is 47.9 Å². The van der Waals surface area contributed by atoms with E-state index in [9.17, 15) is 4.79 Å². The summed E-state index contributed by atoms with van der Waals surface area (Å²) in [7, 11) is 3.23. The number of para-hydroxylation sites is 1. The van der Waals surface area contributed by atoms with Crippen LogP contribution in [0.4, 0.5) is 0 Å². The monoisotopic (exact) mass is 393 g/mol. The van der Waals surface area contributed by atoms with Gasteiger partial charge in [-0.25, -0.2) is 0 Å². The van der Waals surface area contributed by atoms with Crippen molar-refractivity contribution in [3.63, 3.8) is 0 Å². The molecule has 6 heteroatoms. The van der Waals surface area contributed by atoms with Gasteiger partial charge < -0.3 is 23.5 Å². The minimum absolute atomic E-state index is 0.137. The summed E-state index contributed by atoms with van der Waals surface area (Å²) in [6.07, 6.45) is 2.28. The van der Waals surface area contributed by atoms with E-state index in [4.69, 9.17) is 18.6 Å². The van der Waals surface area contributed by atoms with Gasteiger partial charge in [0.15, 0.2) is 17.3 Å². The minimum Gasteiger partial charge on any atom is -0.493 e. The second kappa shape index (κ2) is 8.31. The maximum Gasteiger partial charge on any atom is 0.290 e. The molecule has 1 aliphatic rings. The van der Waals surface area contributed by atoms with Crippen LogP contribution < -0.4 is 14.2 Å². The van der Waals surface area contributed by atoms with Gasteiger partial charge in [-0.15, -0.1) is 0 Å².